The minimum atomic E-state index is -1.51. The number of nitrogens with one attached hydrogen (secondary N) is 6. The van der Waals surface area contributed by atoms with Gasteiger partial charge in [0.2, 0.25) is 35.4 Å². The Morgan fingerprint density at radius 3 is 1.72 bits per heavy atom. The highest BCUT2D eigenvalue weighted by molar-refractivity contribution is 5.96. The summed E-state index contributed by atoms with van der Waals surface area (Å²) >= 11 is 0. The first-order valence-corrected chi connectivity index (χ1v) is 15.5. The molecule has 6 atom stereocenters. The molecule has 1 aliphatic heterocycles. The number of rotatable bonds is 21. The van der Waals surface area contributed by atoms with E-state index in [1.54, 1.807) is 27.7 Å². The van der Waals surface area contributed by atoms with Crippen molar-refractivity contribution >= 4 is 47.4 Å². The average molecular weight is 672 g/mol. The summed E-state index contributed by atoms with van der Waals surface area (Å²) in [6.07, 6.45) is -1.98. The highest BCUT2D eigenvalue weighted by Gasteiger charge is 2.33. The molecule has 0 saturated carbocycles. The number of aliphatic carboxylic acids is 2. The number of aliphatic hydroxyl groups excluding tert-OH is 1. The van der Waals surface area contributed by atoms with Crippen LogP contribution in [-0.2, 0) is 38.4 Å². The molecule has 47 heavy (non-hydrogen) atoms. The van der Waals surface area contributed by atoms with Crippen molar-refractivity contribution in [2.75, 3.05) is 13.1 Å². The highest BCUT2D eigenvalue weighted by Crippen LogP contribution is 2.11. The average Bonchev–Trinajstić information content (AvgIpc) is 3.40. The summed E-state index contributed by atoms with van der Waals surface area (Å²) in [6.45, 7) is 6.74. The number of β-amino-alcohol motifs (C(OH)–C–C–N with tert-alkyl or cyclic N) is 1. The SMILES string of the molecule is CC(C)C[C@H](NC(=O)[C@H](CC(C)C)NC(=O)[C@H](CCC(=O)O)NC(=O)[C@H](CCC(N)=O)NC(=O)CNC(=O)[C@@H]1C[C@@H](O)CN1)C(=O)O. The number of primary amides is 1. The number of hydrogen-bond donors (Lipinski definition) is 10. The van der Waals surface area contributed by atoms with E-state index in [2.05, 4.69) is 31.9 Å². The standard InChI is InChI=1S/C29H49N7O11/c1-14(2)9-20(28(45)36-21(29(46)47)10-15(3)4)35-27(44)18(6-8-24(40)41)34-26(43)17(5-7-22(30)38)33-23(39)13-32-25(42)19-11-16(37)12-31-19/h14-21,31,37H,5-13H2,1-4H3,(H2,30,38)(H,32,42)(H,33,39)(H,34,43)(H,35,44)(H,36,45)(H,40,41)(H,46,47)/t16-,17+,18+,19+,20+,21+/m1/s1. The van der Waals surface area contributed by atoms with E-state index in [0.29, 0.717) is 0 Å². The Balaban J connectivity index is 3.08. The van der Waals surface area contributed by atoms with Crippen LogP contribution >= 0.6 is 0 Å². The summed E-state index contributed by atoms with van der Waals surface area (Å²) in [5.41, 5.74) is 5.21. The van der Waals surface area contributed by atoms with E-state index < -0.39 is 103 Å². The molecule has 1 fully saturated rings. The van der Waals surface area contributed by atoms with E-state index in [0.717, 1.165) is 0 Å². The first-order valence-electron chi connectivity index (χ1n) is 15.5. The molecule has 18 heteroatoms. The van der Waals surface area contributed by atoms with Gasteiger partial charge in [0.1, 0.15) is 24.2 Å². The second kappa shape index (κ2) is 20.0. The molecular formula is C29H49N7O11. The number of carbonyl (C=O) groups excluding carboxylic acids is 6. The molecule has 0 radical (unpaired) electrons. The largest absolute Gasteiger partial charge is 0.481 e. The van der Waals surface area contributed by atoms with Crippen LogP contribution in [0.25, 0.3) is 0 Å². The molecule has 0 aliphatic carbocycles. The molecule has 1 heterocycles. The van der Waals surface area contributed by atoms with Gasteiger partial charge in [-0.15, -0.1) is 0 Å². The van der Waals surface area contributed by atoms with Gasteiger partial charge >= 0.3 is 11.9 Å². The maximum atomic E-state index is 13.4. The molecule has 0 aromatic carbocycles. The van der Waals surface area contributed by atoms with Crippen molar-refractivity contribution < 1.29 is 53.7 Å². The van der Waals surface area contributed by atoms with Crippen LogP contribution in [0.15, 0.2) is 0 Å². The smallest absolute Gasteiger partial charge is 0.326 e. The molecular weight excluding hydrogens is 622 g/mol. The van der Waals surface area contributed by atoms with E-state index in [1.165, 1.54) is 0 Å². The van der Waals surface area contributed by atoms with Crippen molar-refractivity contribution in [2.24, 2.45) is 17.6 Å². The van der Waals surface area contributed by atoms with Crippen LogP contribution in [0.2, 0.25) is 0 Å². The quantitative estimate of drug-likeness (QED) is 0.0587. The summed E-state index contributed by atoms with van der Waals surface area (Å²) in [5.74, 6) is -7.61. The van der Waals surface area contributed by atoms with Crippen molar-refractivity contribution in [1.29, 1.82) is 0 Å². The van der Waals surface area contributed by atoms with Gasteiger partial charge in [-0.1, -0.05) is 27.7 Å². The molecule has 0 spiro atoms. The third kappa shape index (κ3) is 16.2. The van der Waals surface area contributed by atoms with Gasteiger partial charge in [0.05, 0.1) is 18.7 Å². The molecule has 0 aromatic heterocycles. The maximum Gasteiger partial charge on any atom is 0.326 e. The van der Waals surface area contributed by atoms with E-state index in [1.807, 2.05) is 0 Å². The van der Waals surface area contributed by atoms with E-state index in [4.69, 9.17) is 5.73 Å². The first-order chi connectivity index (χ1) is 21.9. The number of amides is 6. The molecule has 0 aromatic rings. The number of aliphatic hydroxyl groups is 1. The normalized spacial score (nSPS) is 18.4. The highest BCUT2D eigenvalue weighted by atomic mass is 16.4. The van der Waals surface area contributed by atoms with Crippen molar-refractivity contribution in [2.45, 2.75) is 109 Å². The lowest BCUT2D eigenvalue weighted by molar-refractivity contribution is -0.143. The fourth-order valence-electron chi connectivity index (χ4n) is 4.76. The zero-order chi connectivity index (χ0) is 35.8. The number of carboxylic acids is 2. The number of nitrogens with two attached hydrogens (primary N) is 1. The van der Waals surface area contributed by atoms with Gasteiger partial charge in [-0.05, 0) is 43.9 Å². The van der Waals surface area contributed by atoms with E-state index in [-0.39, 0.29) is 50.5 Å². The molecule has 1 rings (SSSR count). The van der Waals surface area contributed by atoms with Crippen molar-refractivity contribution in [3.63, 3.8) is 0 Å². The molecule has 18 nitrogen and oxygen atoms in total. The Morgan fingerprint density at radius 1 is 0.745 bits per heavy atom. The Bertz CT molecular complexity index is 1150. The Labute approximate surface area is 272 Å². The summed E-state index contributed by atoms with van der Waals surface area (Å²) < 4.78 is 0. The summed E-state index contributed by atoms with van der Waals surface area (Å²) in [5, 5.41) is 43.1. The van der Waals surface area contributed by atoms with Gasteiger partial charge in [0.15, 0.2) is 0 Å². The van der Waals surface area contributed by atoms with Crippen LogP contribution in [0, 0.1) is 11.8 Å². The fraction of sp³-hybridized carbons (Fsp3) is 0.724. The molecule has 266 valence electrons. The Kier molecular flexibility index (Phi) is 17.3. The molecule has 0 unspecified atom stereocenters. The maximum absolute atomic E-state index is 13.4. The van der Waals surface area contributed by atoms with Crippen LogP contribution in [0.5, 0.6) is 0 Å². The topological polar surface area (TPSA) is 295 Å². The summed E-state index contributed by atoms with van der Waals surface area (Å²) in [4.78, 5) is 99.1. The van der Waals surface area contributed by atoms with Gasteiger partial charge in [-0.2, -0.15) is 0 Å². The van der Waals surface area contributed by atoms with Crippen LogP contribution in [-0.4, -0.2) is 112 Å². The lowest BCUT2D eigenvalue weighted by Crippen LogP contribution is -2.58. The van der Waals surface area contributed by atoms with Crippen molar-refractivity contribution in [3.8, 4) is 0 Å². The number of carboxylic acid groups (broad SMARTS) is 2. The van der Waals surface area contributed by atoms with Crippen molar-refractivity contribution in [1.82, 2.24) is 31.9 Å². The zero-order valence-electron chi connectivity index (χ0n) is 27.2. The second-order valence-electron chi connectivity index (χ2n) is 12.4. The second-order valence-corrected chi connectivity index (χ2v) is 12.4. The predicted molar refractivity (Wildman–Crippen MR) is 165 cm³/mol. The molecule has 11 N–H and O–H groups in total. The monoisotopic (exact) mass is 671 g/mol. The first kappa shape index (κ1) is 40.7. The van der Waals surface area contributed by atoms with Crippen LogP contribution in [0.3, 0.4) is 0 Å². The molecule has 0 bridgehead atoms. The van der Waals surface area contributed by atoms with Crippen LogP contribution in [0.1, 0.15) is 72.6 Å². The third-order valence-corrected chi connectivity index (χ3v) is 7.12. The molecule has 6 amide bonds. The number of hydrogen-bond acceptors (Lipinski definition) is 10. The minimum Gasteiger partial charge on any atom is -0.481 e. The predicted octanol–water partition coefficient (Wildman–Crippen LogP) is -2.93. The molecule has 1 aliphatic rings. The van der Waals surface area contributed by atoms with Gasteiger partial charge < -0.3 is 53.0 Å². The van der Waals surface area contributed by atoms with Gasteiger partial charge in [0, 0.05) is 19.4 Å². The third-order valence-electron chi connectivity index (χ3n) is 7.12. The van der Waals surface area contributed by atoms with Gasteiger partial charge in [-0.3, -0.25) is 33.6 Å². The minimum absolute atomic E-state index is 0.0669. The Hall–Kier alpha value is -4.32. The Morgan fingerprint density at radius 2 is 1.23 bits per heavy atom. The van der Waals surface area contributed by atoms with E-state index >= 15 is 0 Å². The van der Waals surface area contributed by atoms with E-state index in [9.17, 15) is 53.7 Å². The lowest BCUT2D eigenvalue weighted by Gasteiger charge is -2.27. The van der Waals surface area contributed by atoms with Crippen molar-refractivity contribution in [3.05, 3.63) is 0 Å². The number of carbonyl (C=O) groups is 8. The van der Waals surface area contributed by atoms with Gasteiger partial charge in [-0.25, -0.2) is 4.79 Å². The van der Waals surface area contributed by atoms with Crippen LogP contribution in [0.4, 0.5) is 0 Å². The molecule has 1 saturated heterocycles. The lowest BCUT2D eigenvalue weighted by atomic mass is 10.00. The van der Waals surface area contributed by atoms with Crippen LogP contribution < -0.4 is 37.6 Å². The summed E-state index contributed by atoms with van der Waals surface area (Å²) in [7, 11) is 0. The zero-order valence-corrected chi connectivity index (χ0v) is 27.2. The fourth-order valence-corrected chi connectivity index (χ4v) is 4.76. The van der Waals surface area contributed by atoms with Gasteiger partial charge in [0.25, 0.3) is 0 Å². The summed E-state index contributed by atoms with van der Waals surface area (Å²) in [6, 6.07) is -6.12.